The molecular weight excluding hydrogens is 545 g/mol. The number of nitrogens with zero attached hydrogens (tertiary/aromatic N) is 4. The van der Waals surface area contributed by atoms with Gasteiger partial charge in [-0.1, -0.05) is 32.4 Å². The molecule has 1 aromatic carbocycles. The van der Waals surface area contributed by atoms with Crippen LogP contribution < -0.4 is 16.0 Å². The zero-order valence-corrected chi connectivity index (χ0v) is 24.5. The summed E-state index contributed by atoms with van der Waals surface area (Å²) < 4.78 is 5.38. The fraction of sp³-hybridized carbons (Fsp3) is 0.538. The third kappa shape index (κ3) is 11.6. The molecule has 2 rings (SSSR count). The number of ether oxygens (including phenoxy) is 1. The van der Waals surface area contributed by atoms with Crippen molar-refractivity contribution in [3.63, 3.8) is 0 Å². The lowest BCUT2D eigenvalue weighted by molar-refractivity contribution is -0.126. The van der Waals surface area contributed by atoms with Crippen molar-refractivity contribution in [2.24, 2.45) is 5.92 Å². The van der Waals surface area contributed by atoms with Crippen molar-refractivity contribution in [1.82, 2.24) is 25.2 Å². The van der Waals surface area contributed by atoms with Gasteiger partial charge in [-0.3, -0.25) is 9.59 Å². The molecule has 0 bridgehead atoms. The van der Waals surface area contributed by atoms with Crippen molar-refractivity contribution >= 4 is 52.7 Å². The lowest BCUT2D eigenvalue weighted by atomic mass is 10.1. The first-order valence-electron chi connectivity index (χ1n) is 12.9. The summed E-state index contributed by atoms with van der Waals surface area (Å²) in [6, 6.07) is 6.37. The Morgan fingerprint density at radius 2 is 1.59 bits per heavy atom. The Hall–Kier alpha value is -3.18. The fourth-order valence-electron chi connectivity index (χ4n) is 3.37. The Kier molecular flexibility index (Phi) is 13.2. The van der Waals surface area contributed by atoms with Gasteiger partial charge in [0.25, 0.3) is 0 Å². The van der Waals surface area contributed by atoms with E-state index in [0.29, 0.717) is 36.9 Å². The second-order valence-electron chi connectivity index (χ2n) is 9.56. The molecule has 214 valence electrons. The molecule has 2 aromatic rings. The van der Waals surface area contributed by atoms with E-state index >= 15 is 0 Å². The van der Waals surface area contributed by atoms with Gasteiger partial charge in [-0.15, -0.1) is 0 Å². The van der Waals surface area contributed by atoms with Crippen LogP contribution in [0.5, 0.6) is 0 Å². The van der Waals surface area contributed by atoms with Crippen molar-refractivity contribution in [3.8, 4) is 0 Å². The molecule has 0 radical (unpaired) electrons. The van der Waals surface area contributed by atoms with E-state index in [4.69, 9.17) is 27.9 Å². The zero-order valence-electron chi connectivity index (χ0n) is 23.0. The summed E-state index contributed by atoms with van der Waals surface area (Å²) in [5, 5.41) is 8.53. The van der Waals surface area contributed by atoms with Crippen LogP contribution in [0.1, 0.15) is 58.9 Å². The number of hydrogen-bond donors (Lipinski definition) is 3. The summed E-state index contributed by atoms with van der Waals surface area (Å²) in [5.74, 6) is 0.0951. The fourth-order valence-corrected chi connectivity index (χ4v) is 3.73. The molecule has 0 saturated carbocycles. The summed E-state index contributed by atoms with van der Waals surface area (Å²) >= 11 is 11.5. The van der Waals surface area contributed by atoms with E-state index in [1.165, 1.54) is 0 Å². The smallest absolute Gasteiger partial charge is 0.410 e. The number of amides is 3. The minimum absolute atomic E-state index is 0.0162. The predicted molar refractivity (Wildman–Crippen MR) is 152 cm³/mol. The highest BCUT2D eigenvalue weighted by Gasteiger charge is 2.20. The monoisotopic (exact) mass is 581 g/mol. The van der Waals surface area contributed by atoms with Gasteiger partial charge in [0.2, 0.25) is 28.3 Å². The van der Waals surface area contributed by atoms with E-state index in [9.17, 15) is 14.4 Å². The van der Waals surface area contributed by atoms with E-state index < -0.39 is 6.04 Å². The minimum Gasteiger partial charge on any atom is -0.445 e. The topological polar surface area (TPSA) is 138 Å². The van der Waals surface area contributed by atoms with Crippen molar-refractivity contribution in [2.75, 3.05) is 24.2 Å². The molecule has 0 fully saturated rings. The summed E-state index contributed by atoms with van der Waals surface area (Å²) in [4.78, 5) is 50.0. The lowest BCUT2D eigenvalue weighted by Crippen LogP contribution is -2.41. The van der Waals surface area contributed by atoms with Gasteiger partial charge in [0.15, 0.2) is 0 Å². The molecule has 1 heterocycles. The summed E-state index contributed by atoms with van der Waals surface area (Å²) in [6.07, 6.45) is 2.17. The number of carbonyl (C=O) groups excluding carboxylic acids is 3. The lowest BCUT2D eigenvalue weighted by Gasteiger charge is -2.27. The third-order valence-corrected chi connectivity index (χ3v) is 6.50. The molecule has 3 N–H and O–H groups in total. The molecule has 0 spiro atoms. The van der Waals surface area contributed by atoms with Crippen molar-refractivity contribution in [3.05, 3.63) is 40.4 Å². The van der Waals surface area contributed by atoms with Gasteiger partial charge in [-0.2, -0.15) is 15.0 Å². The van der Waals surface area contributed by atoms with Crippen LogP contribution in [0.25, 0.3) is 0 Å². The van der Waals surface area contributed by atoms with Gasteiger partial charge in [0.05, 0.1) is 0 Å². The van der Waals surface area contributed by atoms with Crippen molar-refractivity contribution < 1.29 is 19.1 Å². The van der Waals surface area contributed by atoms with E-state index in [0.717, 1.165) is 18.4 Å². The Balaban J connectivity index is 1.65. The van der Waals surface area contributed by atoms with Crippen LogP contribution in [0, 0.1) is 5.92 Å². The quantitative estimate of drug-likeness (QED) is 0.267. The Bertz CT molecular complexity index is 1080. The van der Waals surface area contributed by atoms with Crippen LogP contribution in [-0.2, 0) is 20.9 Å². The highest BCUT2D eigenvalue weighted by atomic mass is 35.5. The number of rotatable bonds is 14. The molecule has 0 aliphatic rings. The second-order valence-corrected chi connectivity index (χ2v) is 10.2. The van der Waals surface area contributed by atoms with Crippen molar-refractivity contribution in [1.29, 1.82) is 0 Å². The average Bonchev–Trinajstić information content (AvgIpc) is 2.88. The van der Waals surface area contributed by atoms with Gasteiger partial charge in [0.1, 0.15) is 12.6 Å². The first-order valence-corrected chi connectivity index (χ1v) is 13.6. The van der Waals surface area contributed by atoms with Crippen LogP contribution in [0.3, 0.4) is 0 Å². The van der Waals surface area contributed by atoms with E-state index in [1.54, 1.807) is 43.1 Å². The first-order chi connectivity index (χ1) is 18.5. The van der Waals surface area contributed by atoms with Gasteiger partial charge in [0, 0.05) is 31.7 Å². The number of halogens is 2. The number of aromatic nitrogens is 3. The molecule has 2 atom stereocenters. The maximum absolute atomic E-state index is 12.5. The van der Waals surface area contributed by atoms with Crippen LogP contribution in [0.4, 0.5) is 16.4 Å². The molecule has 3 amide bonds. The summed E-state index contributed by atoms with van der Waals surface area (Å²) in [6.45, 7) is 8.42. The summed E-state index contributed by atoms with van der Waals surface area (Å²) in [5.41, 5.74) is 1.37. The maximum Gasteiger partial charge on any atom is 0.410 e. The van der Waals surface area contributed by atoms with Crippen LogP contribution in [0.2, 0.25) is 10.6 Å². The Labute approximate surface area is 239 Å². The number of hydrogen-bond acceptors (Lipinski definition) is 8. The highest BCUT2D eigenvalue weighted by molar-refractivity contribution is 6.31. The van der Waals surface area contributed by atoms with Crippen LogP contribution in [0.15, 0.2) is 24.3 Å². The number of unbranched alkanes of at least 4 members (excludes halogenated alkanes) is 2. The highest BCUT2D eigenvalue weighted by Crippen LogP contribution is 2.14. The molecule has 13 heteroatoms. The molecule has 0 aliphatic carbocycles. The SMILES string of the molecule is CC(C)[C@@H](C)N(C)C(=O)OCc1ccc(NC(=O)[C@H](C)NC(=O)CCCCCNc2nc(Cl)nc(Cl)n2)cc1. The number of nitrogens with one attached hydrogen (secondary N) is 3. The van der Waals surface area contributed by atoms with Crippen LogP contribution in [-0.4, -0.2) is 63.4 Å². The van der Waals surface area contributed by atoms with Gasteiger partial charge in [-0.05, 0) is 73.5 Å². The minimum atomic E-state index is -0.698. The molecule has 39 heavy (non-hydrogen) atoms. The first kappa shape index (κ1) is 32.0. The predicted octanol–water partition coefficient (Wildman–Crippen LogP) is 4.91. The van der Waals surface area contributed by atoms with E-state index in [-0.39, 0.29) is 41.1 Å². The van der Waals surface area contributed by atoms with Gasteiger partial charge in [-0.25, -0.2) is 4.79 Å². The molecule has 0 aliphatic heterocycles. The average molecular weight is 583 g/mol. The number of anilines is 2. The zero-order chi connectivity index (χ0) is 28.9. The normalized spacial score (nSPS) is 12.4. The number of benzene rings is 1. The maximum atomic E-state index is 12.5. The Morgan fingerprint density at radius 1 is 0.949 bits per heavy atom. The Morgan fingerprint density at radius 3 is 2.21 bits per heavy atom. The van der Waals surface area contributed by atoms with Gasteiger partial charge >= 0.3 is 6.09 Å². The second kappa shape index (κ2) is 16.0. The standard InChI is InChI=1S/C26H37Cl2N7O4/c1-16(2)18(4)35(5)26(38)39-15-19-10-12-20(13-11-19)31-22(37)17(3)30-21(36)9-7-6-8-14-29-25-33-23(27)32-24(28)34-25/h10-13,16-18H,6-9,14-15H2,1-5H3,(H,30,36)(H,31,37)(H,29,32,33,34)/t17-,18+/m0/s1. The largest absolute Gasteiger partial charge is 0.445 e. The number of carbonyl (C=O) groups is 3. The van der Waals surface area contributed by atoms with E-state index in [2.05, 4.69) is 30.9 Å². The third-order valence-electron chi connectivity index (χ3n) is 6.16. The van der Waals surface area contributed by atoms with Crippen molar-refractivity contribution in [2.45, 2.75) is 72.1 Å². The molecule has 1 aromatic heterocycles. The summed E-state index contributed by atoms with van der Waals surface area (Å²) in [7, 11) is 1.72. The van der Waals surface area contributed by atoms with E-state index in [1.807, 2.05) is 20.8 Å². The molecule has 11 nitrogen and oxygen atoms in total. The van der Waals surface area contributed by atoms with Crippen LogP contribution >= 0.6 is 23.2 Å². The molecule has 0 saturated heterocycles. The van der Waals surface area contributed by atoms with Gasteiger partial charge < -0.3 is 25.6 Å². The molecular formula is C26H37Cl2N7O4. The molecule has 0 unspecified atom stereocenters.